The molecule has 1 saturated heterocycles. The normalized spacial score (nSPS) is 20.0. The average molecular weight is 297 g/mol. The van der Waals surface area contributed by atoms with Gasteiger partial charge in [-0.05, 0) is 30.7 Å². The maximum atomic E-state index is 11.9. The molecule has 1 aromatic carbocycles. The molecular formula is C13H17BrN2O. The monoisotopic (exact) mass is 296 g/mol. The second-order valence-corrected chi connectivity index (χ2v) is 5.08. The Bertz CT molecular complexity index is 408. The number of halogens is 1. The van der Waals surface area contributed by atoms with E-state index in [4.69, 9.17) is 0 Å². The minimum absolute atomic E-state index is 0.232. The fourth-order valence-corrected chi connectivity index (χ4v) is 2.61. The van der Waals surface area contributed by atoms with Crippen LogP contribution in [-0.2, 0) is 11.3 Å². The Balaban J connectivity index is 2.16. The van der Waals surface area contributed by atoms with Gasteiger partial charge in [0.15, 0.2) is 0 Å². The maximum absolute atomic E-state index is 11.9. The summed E-state index contributed by atoms with van der Waals surface area (Å²) in [4.78, 5) is 13.8. The summed E-state index contributed by atoms with van der Waals surface area (Å²) in [7, 11) is 1.93. The predicted octanol–water partition coefficient (Wildman–Crippen LogP) is 2.15. The number of benzene rings is 1. The fourth-order valence-electron chi connectivity index (χ4n) is 2.17. The van der Waals surface area contributed by atoms with Crippen LogP contribution in [0.3, 0.4) is 0 Å². The Kier molecular flexibility index (Phi) is 4.18. The summed E-state index contributed by atoms with van der Waals surface area (Å²) in [5.41, 5.74) is 2.23. The third-order valence-corrected chi connectivity index (χ3v) is 3.94. The van der Waals surface area contributed by atoms with Gasteiger partial charge in [-0.3, -0.25) is 4.79 Å². The zero-order chi connectivity index (χ0) is 12.3. The first-order valence-corrected chi connectivity index (χ1v) is 6.96. The van der Waals surface area contributed by atoms with Crippen molar-refractivity contribution in [2.75, 3.05) is 23.8 Å². The molecule has 0 spiro atoms. The maximum Gasteiger partial charge on any atom is 0.227 e. The number of rotatable bonds is 4. The van der Waals surface area contributed by atoms with Gasteiger partial charge in [0.05, 0.1) is 0 Å². The molecule has 1 atom stereocenters. The van der Waals surface area contributed by atoms with Crippen molar-refractivity contribution in [3.63, 3.8) is 0 Å². The molecule has 17 heavy (non-hydrogen) atoms. The first-order chi connectivity index (χ1) is 8.24. The molecule has 0 radical (unpaired) electrons. The molecule has 1 N–H and O–H groups in total. The van der Waals surface area contributed by atoms with Crippen molar-refractivity contribution in [3.8, 4) is 0 Å². The van der Waals surface area contributed by atoms with E-state index < -0.39 is 0 Å². The smallest absolute Gasteiger partial charge is 0.227 e. The van der Waals surface area contributed by atoms with E-state index in [9.17, 15) is 4.79 Å². The number of hydrogen-bond donors (Lipinski definition) is 1. The molecule has 1 heterocycles. The van der Waals surface area contributed by atoms with E-state index in [-0.39, 0.29) is 5.91 Å². The molecule has 3 nitrogen and oxygen atoms in total. The van der Waals surface area contributed by atoms with Crippen molar-refractivity contribution in [2.24, 2.45) is 5.92 Å². The molecule has 1 amide bonds. The quantitative estimate of drug-likeness (QED) is 0.864. The lowest BCUT2D eigenvalue weighted by Crippen LogP contribution is -2.24. The lowest BCUT2D eigenvalue weighted by Gasteiger charge is -2.17. The van der Waals surface area contributed by atoms with Crippen molar-refractivity contribution in [1.29, 1.82) is 0 Å². The number of carbonyl (C=O) groups excluding carboxylic acids is 1. The lowest BCUT2D eigenvalue weighted by molar-refractivity contribution is -0.117. The topological polar surface area (TPSA) is 32.3 Å². The van der Waals surface area contributed by atoms with E-state index in [0.717, 1.165) is 24.1 Å². The predicted molar refractivity (Wildman–Crippen MR) is 73.5 cm³/mol. The van der Waals surface area contributed by atoms with Crippen molar-refractivity contribution < 1.29 is 4.79 Å². The minimum Gasteiger partial charge on any atom is -0.316 e. The zero-order valence-electron chi connectivity index (χ0n) is 9.95. The molecule has 1 fully saturated rings. The summed E-state index contributed by atoms with van der Waals surface area (Å²) in [6.45, 7) is 1.66. The van der Waals surface area contributed by atoms with Gasteiger partial charge in [-0.1, -0.05) is 28.1 Å². The number of nitrogens with zero attached hydrogens (tertiary/aromatic N) is 1. The highest BCUT2D eigenvalue weighted by Crippen LogP contribution is 2.26. The third kappa shape index (κ3) is 2.87. The highest BCUT2D eigenvalue weighted by Gasteiger charge is 2.29. The molecule has 0 aliphatic carbocycles. The Morgan fingerprint density at radius 2 is 2.35 bits per heavy atom. The highest BCUT2D eigenvalue weighted by atomic mass is 79.9. The summed E-state index contributed by atoms with van der Waals surface area (Å²) in [5, 5.41) is 4.02. The average Bonchev–Trinajstić information content (AvgIpc) is 2.71. The first kappa shape index (κ1) is 12.6. The van der Waals surface area contributed by atoms with Crippen molar-refractivity contribution in [1.82, 2.24) is 5.32 Å². The molecule has 92 valence electrons. The van der Waals surface area contributed by atoms with Gasteiger partial charge in [0, 0.05) is 30.5 Å². The third-order valence-electron chi connectivity index (χ3n) is 3.03. The van der Waals surface area contributed by atoms with Crippen molar-refractivity contribution in [2.45, 2.75) is 13.0 Å². The molecule has 0 saturated carbocycles. The number of amides is 1. The van der Waals surface area contributed by atoms with Crippen LogP contribution in [0.2, 0.25) is 0 Å². The summed E-state index contributed by atoms with van der Waals surface area (Å²) in [6, 6.07) is 8.18. The van der Waals surface area contributed by atoms with Gasteiger partial charge in [0.25, 0.3) is 0 Å². The van der Waals surface area contributed by atoms with E-state index in [0.29, 0.717) is 12.3 Å². The first-order valence-electron chi connectivity index (χ1n) is 5.84. The van der Waals surface area contributed by atoms with Crippen LogP contribution in [-0.4, -0.2) is 24.8 Å². The molecule has 1 aliphatic heterocycles. The molecule has 0 bridgehead atoms. The van der Waals surface area contributed by atoms with Crippen LogP contribution >= 0.6 is 15.9 Å². The van der Waals surface area contributed by atoms with Crippen LogP contribution in [0.15, 0.2) is 24.3 Å². The number of nitrogens with one attached hydrogen (secondary N) is 1. The molecule has 1 aromatic rings. The molecule has 1 unspecified atom stereocenters. The molecule has 0 aromatic heterocycles. The van der Waals surface area contributed by atoms with Crippen LogP contribution in [0.5, 0.6) is 0 Å². The molecule has 1 aliphatic rings. The van der Waals surface area contributed by atoms with Gasteiger partial charge >= 0.3 is 0 Å². The second-order valence-electron chi connectivity index (χ2n) is 4.43. The van der Waals surface area contributed by atoms with Crippen LogP contribution < -0.4 is 10.2 Å². The Morgan fingerprint density at radius 3 is 3.00 bits per heavy atom. The molecular weight excluding hydrogens is 280 g/mol. The highest BCUT2D eigenvalue weighted by molar-refractivity contribution is 9.09. The lowest BCUT2D eigenvalue weighted by atomic mass is 10.1. The second kappa shape index (κ2) is 5.65. The summed E-state index contributed by atoms with van der Waals surface area (Å²) in [6.07, 6.45) is 0.654. The summed E-state index contributed by atoms with van der Waals surface area (Å²) in [5.74, 6) is 0.673. The van der Waals surface area contributed by atoms with E-state index in [1.54, 1.807) is 0 Å². The van der Waals surface area contributed by atoms with E-state index in [1.807, 2.05) is 24.1 Å². The van der Waals surface area contributed by atoms with Gasteiger partial charge in [-0.25, -0.2) is 0 Å². The molecule has 2 rings (SSSR count). The van der Waals surface area contributed by atoms with Gasteiger partial charge < -0.3 is 10.2 Å². The number of anilines is 1. The van der Waals surface area contributed by atoms with Gasteiger partial charge in [0.2, 0.25) is 5.91 Å². The fraction of sp³-hybridized carbons (Fsp3) is 0.462. The minimum atomic E-state index is 0.232. The van der Waals surface area contributed by atoms with Crippen molar-refractivity contribution in [3.05, 3.63) is 29.8 Å². The zero-order valence-corrected chi connectivity index (χ0v) is 11.5. The van der Waals surface area contributed by atoms with Crippen molar-refractivity contribution >= 4 is 27.5 Å². The van der Waals surface area contributed by atoms with Gasteiger partial charge in [-0.2, -0.15) is 0 Å². The summed E-state index contributed by atoms with van der Waals surface area (Å²) < 4.78 is 0. The number of carbonyl (C=O) groups is 1. The van der Waals surface area contributed by atoms with Crippen LogP contribution in [0.4, 0.5) is 5.69 Å². The molecule has 4 heteroatoms. The largest absolute Gasteiger partial charge is 0.316 e. The standard InChI is InChI=1S/C13H17BrN2O/c1-15-8-10-3-2-4-12(5-10)16-9-11(7-14)6-13(16)17/h2-5,11,15H,6-9H2,1H3. The van der Waals surface area contributed by atoms with E-state index >= 15 is 0 Å². The van der Waals surface area contributed by atoms with E-state index in [1.165, 1.54) is 5.56 Å². The van der Waals surface area contributed by atoms with E-state index in [2.05, 4.69) is 33.4 Å². The Labute approximate surface area is 110 Å². The Morgan fingerprint density at radius 1 is 1.53 bits per heavy atom. The Hall–Kier alpha value is -0.870. The van der Waals surface area contributed by atoms with Gasteiger partial charge in [-0.15, -0.1) is 0 Å². The summed E-state index contributed by atoms with van der Waals surface area (Å²) >= 11 is 3.45. The number of alkyl halides is 1. The van der Waals surface area contributed by atoms with Crippen LogP contribution in [0.1, 0.15) is 12.0 Å². The number of hydrogen-bond acceptors (Lipinski definition) is 2. The van der Waals surface area contributed by atoms with Crippen LogP contribution in [0, 0.1) is 5.92 Å². The van der Waals surface area contributed by atoms with Gasteiger partial charge in [0.1, 0.15) is 0 Å². The van der Waals surface area contributed by atoms with Crippen LogP contribution in [0.25, 0.3) is 0 Å². The SMILES string of the molecule is CNCc1cccc(N2CC(CBr)CC2=O)c1.